The average molecular weight is 311 g/mol. The Morgan fingerprint density at radius 1 is 1.26 bits per heavy atom. The Bertz CT molecular complexity index is 675. The van der Waals surface area contributed by atoms with Crippen LogP contribution in [0.4, 0.5) is 0 Å². The topological polar surface area (TPSA) is 59.3 Å². The number of likely N-dealkylation sites (tertiary alicyclic amines) is 1. The molecule has 0 spiro atoms. The molecule has 0 bridgehead atoms. The van der Waals surface area contributed by atoms with E-state index in [9.17, 15) is 10.0 Å². The van der Waals surface area contributed by atoms with E-state index in [2.05, 4.69) is 29.3 Å². The highest BCUT2D eigenvalue weighted by Gasteiger charge is 2.29. The van der Waals surface area contributed by atoms with Gasteiger partial charge in [-0.25, -0.2) is 0 Å². The third-order valence-corrected chi connectivity index (χ3v) is 4.44. The van der Waals surface area contributed by atoms with Gasteiger partial charge >= 0.3 is 5.91 Å². The van der Waals surface area contributed by atoms with E-state index >= 15 is 0 Å². The first-order valence-electron chi connectivity index (χ1n) is 7.93. The van der Waals surface area contributed by atoms with Gasteiger partial charge in [0.2, 0.25) is 0 Å². The van der Waals surface area contributed by atoms with Crippen LogP contribution in [0.15, 0.2) is 54.7 Å². The van der Waals surface area contributed by atoms with Crippen LogP contribution in [0.2, 0.25) is 0 Å². The second-order valence-electron chi connectivity index (χ2n) is 5.95. The van der Waals surface area contributed by atoms with Gasteiger partial charge in [0.25, 0.3) is 5.69 Å². The van der Waals surface area contributed by atoms with Gasteiger partial charge in [-0.05, 0) is 25.0 Å². The quantitative estimate of drug-likeness (QED) is 0.693. The maximum absolute atomic E-state index is 12.2. The van der Waals surface area contributed by atoms with E-state index in [1.165, 1.54) is 11.8 Å². The Morgan fingerprint density at radius 2 is 2.00 bits per heavy atom. The molecule has 1 amide bonds. The molecular weight excluding hydrogens is 290 g/mol. The summed E-state index contributed by atoms with van der Waals surface area (Å²) in [6.07, 6.45) is 2.24. The number of carbonyl (C=O) groups is 1. The van der Waals surface area contributed by atoms with E-state index in [4.69, 9.17) is 0 Å². The van der Waals surface area contributed by atoms with Gasteiger partial charge in [-0.3, -0.25) is 9.69 Å². The number of aromatic nitrogens is 1. The summed E-state index contributed by atoms with van der Waals surface area (Å²) < 4.78 is 0.606. The molecule has 2 atom stereocenters. The first-order valence-corrected chi connectivity index (χ1v) is 7.93. The predicted octanol–water partition coefficient (Wildman–Crippen LogP) is 1.89. The highest BCUT2D eigenvalue weighted by Crippen LogP contribution is 2.24. The number of nitrogens with zero attached hydrogens (tertiary/aromatic N) is 2. The number of rotatable bonds is 4. The lowest BCUT2D eigenvalue weighted by Crippen LogP contribution is -2.43. The van der Waals surface area contributed by atoms with Crippen LogP contribution in [-0.4, -0.2) is 29.9 Å². The zero-order valence-corrected chi connectivity index (χ0v) is 13.2. The molecule has 0 radical (unpaired) electrons. The van der Waals surface area contributed by atoms with E-state index in [0.717, 1.165) is 19.5 Å². The molecule has 1 aliphatic heterocycles. The summed E-state index contributed by atoms with van der Waals surface area (Å²) in [5, 5.41) is 14.6. The Hall–Kier alpha value is -2.40. The summed E-state index contributed by atoms with van der Waals surface area (Å²) in [5.41, 5.74) is 1.42. The summed E-state index contributed by atoms with van der Waals surface area (Å²) in [4.78, 5) is 14.6. The molecule has 3 rings (SSSR count). The van der Waals surface area contributed by atoms with Crippen LogP contribution >= 0.6 is 0 Å². The molecule has 120 valence electrons. The fraction of sp³-hybridized carbons (Fsp3) is 0.333. The van der Waals surface area contributed by atoms with Crippen LogP contribution in [0.1, 0.15) is 35.4 Å². The normalized spacial score (nSPS) is 19.4. The van der Waals surface area contributed by atoms with Crippen molar-refractivity contribution >= 4 is 5.91 Å². The van der Waals surface area contributed by atoms with Crippen LogP contribution in [0, 0.1) is 5.21 Å². The minimum absolute atomic E-state index is 0.0777. The van der Waals surface area contributed by atoms with Crippen molar-refractivity contribution in [2.24, 2.45) is 0 Å². The second-order valence-corrected chi connectivity index (χ2v) is 5.95. The van der Waals surface area contributed by atoms with Crippen molar-refractivity contribution in [1.29, 1.82) is 0 Å². The van der Waals surface area contributed by atoms with Gasteiger partial charge in [-0.1, -0.05) is 30.3 Å². The molecule has 1 aliphatic rings. The fourth-order valence-corrected chi connectivity index (χ4v) is 3.06. The van der Waals surface area contributed by atoms with Gasteiger partial charge in [-0.15, -0.1) is 0 Å². The van der Waals surface area contributed by atoms with E-state index in [1.54, 1.807) is 18.2 Å². The summed E-state index contributed by atoms with van der Waals surface area (Å²) in [6, 6.07) is 15.6. The van der Waals surface area contributed by atoms with Gasteiger partial charge in [-0.2, -0.15) is 4.73 Å². The molecule has 1 saturated heterocycles. The molecule has 1 fully saturated rings. The van der Waals surface area contributed by atoms with Crippen molar-refractivity contribution in [3.8, 4) is 0 Å². The second kappa shape index (κ2) is 6.79. The van der Waals surface area contributed by atoms with Gasteiger partial charge in [0.15, 0.2) is 6.20 Å². The van der Waals surface area contributed by atoms with E-state index in [1.807, 2.05) is 18.2 Å². The Balaban J connectivity index is 1.60. The maximum Gasteiger partial charge on any atom is 0.317 e. The van der Waals surface area contributed by atoms with Crippen molar-refractivity contribution in [2.75, 3.05) is 13.1 Å². The van der Waals surface area contributed by atoms with Crippen LogP contribution in [-0.2, 0) is 0 Å². The maximum atomic E-state index is 12.2. The highest BCUT2D eigenvalue weighted by atomic mass is 16.5. The molecule has 0 saturated carbocycles. The van der Waals surface area contributed by atoms with Crippen molar-refractivity contribution in [1.82, 2.24) is 10.2 Å². The number of hydrogen-bond donors (Lipinski definition) is 1. The van der Waals surface area contributed by atoms with Crippen molar-refractivity contribution in [3.63, 3.8) is 0 Å². The average Bonchev–Trinajstić information content (AvgIpc) is 3.03. The van der Waals surface area contributed by atoms with Gasteiger partial charge < -0.3 is 10.5 Å². The lowest BCUT2D eigenvalue weighted by atomic mass is 10.1. The van der Waals surface area contributed by atoms with Crippen LogP contribution in [0.5, 0.6) is 0 Å². The lowest BCUT2D eigenvalue weighted by molar-refractivity contribution is -0.607. The fourth-order valence-electron chi connectivity index (χ4n) is 3.06. The van der Waals surface area contributed by atoms with Crippen molar-refractivity contribution < 1.29 is 9.52 Å². The molecule has 0 unspecified atom stereocenters. The number of benzene rings is 1. The van der Waals surface area contributed by atoms with Crippen LogP contribution in [0.25, 0.3) is 0 Å². The molecule has 1 aromatic carbocycles. The predicted molar refractivity (Wildman–Crippen MR) is 87.7 cm³/mol. The molecule has 2 heterocycles. The first-order chi connectivity index (χ1) is 11.1. The summed E-state index contributed by atoms with van der Waals surface area (Å²) in [6.45, 7) is 3.92. The molecular formula is C18H21N3O2. The zero-order valence-electron chi connectivity index (χ0n) is 13.2. The van der Waals surface area contributed by atoms with Crippen molar-refractivity contribution in [3.05, 3.63) is 71.2 Å². The molecule has 5 heteroatoms. The SMILES string of the molecule is C[C@@H](c1ccccc1)N1CC[C@@H](NC(=O)c2cccc[n+]2[O-])C1. The Morgan fingerprint density at radius 3 is 2.74 bits per heavy atom. The number of pyridine rings is 1. The summed E-state index contributed by atoms with van der Waals surface area (Å²) >= 11 is 0. The molecule has 23 heavy (non-hydrogen) atoms. The minimum atomic E-state index is -0.306. The molecule has 1 aromatic heterocycles. The van der Waals surface area contributed by atoms with Crippen LogP contribution < -0.4 is 10.0 Å². The minimum Gasteiger partial charge on any atom is -0.618 e. The van der Waals surface area contributed by atoms with Crippen molar-refractivity contribution in [2.45, 2.75) is 25.4 Å². The smallest absolute Gasteiger partial charge is 0.317 e. The number of carbonyl (C=O) groups excluding carboxylic acids is 1. The lowest BCUT2D eigenvalue weighted by Gasteiger charge is -2.24. The first kappa shape index (κ1) is 15.5. The highest BCUT2D eigenvalue weighted by molar-refractivity contribution is 5.91. The molecule has 5 nitrogen and oxygen atoms in total. The van der Waals surface area contributed by atoms with Gasteiger partial charge in [0.05, 0.1) is 0 Å². The summed E-state index contributed by atoms with van der Waals surface area (Å²) in [7, 11) is 0. The monoisotopic (exact) mass is 311 g/mol. The number of amides is 1. The van der Waals surface area contributed by atoms with Gasteiger partial charge in [0, 0.05) is 37.3 Å². The largest absolute Gasteiger partial charge is 0.618 e. The molecule has 1 N–H and O–H groups in total. The number of hydrogen-bond acceptors (Lipinski definition) is 3. The van der Waals surface area contributed by atoms with E-state index in [-0.39, 0.29) is 17.6 Å². The summed E-state index contributed by atoms with van der Waals surface area (Å²) in [5.74, 6) is -0.306. The standard InChI is InChI=1S/C18H21N3O2/c1-14(15-7-3-2-4-8-15)20-12-10-16(13-20)19-18(22)17-9-5-6-11-21(17)23/h2-9,11,14,16H,10,12-13H2,1H3,(H,19,22)/t14-,16+/m0/s1. The van der Waals surface area contributed by atoms with E-state index in [0.29, 0.717) is 10.8 Å². The Kier molecular flexibility index (Phi) is 4.57. The molecule has 0 aliphatic carbocycles. The van der Waals surface area contributed by atoms with E-state index < -0.39 is 0 Å². The third kappa shape index (κ3) is 3.51. The van der Waals surface area contributed by atoms with Gasteiger partial charge in [0.1, 0.15) is 0 Å². The Labute approximate surface area is 136 Å². The molecule has 2 aromatic rings. The third-order valence-electron chi connectivity index (χ3n) is 4.44. The number of nitrogens with one attached hydrogen (secondary N) is 1. The van der Waals surface area contributed by atoms with Crippen LogP contribution in [0.3, 0.4) is 0 Å². The zero-order chi connectivity index (χ0) is 16.2.